The van der Waals surface area contributed by atoms with E-state index >= 15 is 0 Å². The summed E-state index contributed by atoms with van der Waals surface area (Å²) in [7, 11) is -3.39. The van der Waals surface area contributed by atoms with Crippen LogP contribution in [0, 0.1) is 6.92 Å². The van der Waals surface area contributed by atoms with Crippen LogP contribution in [-0.4, -0.2) is 40.3 Å². The minimum atomic E-state index is -3.39. The van der Waals surface area contributed by atoms with E-state index in [-0.39, 0.29) is 18.9 Å². The highest BCUT2D eigenvalue weighted by molar-refractivity contribution is 7.92. The fourth-order valence-electron chi connectivity index (χ4n) is 2.62. The van der Waals surface area contributed by atoms with Gasteiger partial charge >= 0.3 is 0 Å². The molecule has 0 atom stereocenters. The summed E-state index contributed by atoms with van der Waals surface area (Å²) in [5.41, 5.74) is 1.65. The number of ether oxygens (including phenoxy) is 1. The molecule has 1 amide bonds. The number of nitrogens with one attached hydrogen (secondary N) is 1. The number of hydrogen-bond acceptors (Lipinski definition) is 4. The molecule has 1 N–H and O–H groups in total. The van der Waals surface area contributed by atoms with Crippen LogP contribution in [0.25, 0.3) is 0 Å². The highest BCUT2D eigenvalue weighted by atomic mass is 32.2. The normalized spacial score (nSPS) is 11.0. The van der Waals surface area contributed by atoms with Crippen molar-refractivity contribution in [1.82, 2.24) is 5.32 Å². The number of anilines is 1. The van der Waals surface area contributed by atoms with Gasteiger partial charge in [0.25, 0.3) is 0 Å². The number of para-hydroxylation sites is 2. The molecule has 0 unspecified atom stereocenters. The summed E-state index contributed by atoms with van der Waals surface area (Å²) in [5.74, 6) is 0.684. The molecule has 0 aliphatic carbocycles. The zero-order valence-corrected chi connectivity index (χ0v) is 16.5. The molecule has 7 heteroatoms. The molecule has 0 aliphatic heterocycles. The van der Waals surface area contributed by atoms with Crippen LogP contribution in [0.2, 0.25) is 0 Å². The maximum Gasteiger partial charge on any atom is 0.232 e. The second-order valence-corrected chi connectivity index (χ2v) is 8.14. The molecule has 27 heavy (non-hydrogen) atoms. The minimum Gasteiger partial charge on any atom is -0.491 e. The van der Waals surface area contributed by atoms with E-state index in [9.17, 15) is 13.2 Å². The van der Waals surface area contributed by atoms with E-state index in [1.165, 1.54) is 10.6 Å². The molecule has 0 heterocycles. The first-order valence-corrected chi connectivity index (χ1v) is 10.7. The van der Waals surface area contributed by atoms with Crippen molar-refractivity contribution < 1.29 is 17.9 Å². The first kappa shape index (κ1) is 20.8. The Hall–Kier alpha value is -2.54. The van der Waals surface area contributed by atoms with Crippen molar-refractivity contribution in [1.29, 1.82) is 0 Å². The Morgan fingerprint density at radius 2 is 1.74 bits per heavy atom. The van der Waals surface area contributed by atoms with Gasteiger partial charge in [0.15, 0.2) is 0 Å². The molecule has 146 valence electrons. The molecular formula is C20H26N2O4S. The van der Waals surface area contributed by atoms with Gasteiger partial charge in [-0.1, -0.05) is 36.4 Å². The van der Waals surface area contributed by atoms with Gasteiger partial charge in [0.2, 0.25) is 15.9 Å². The molecule has 0 radical (unpaired) electrons. The van der Waals surface area contributed by atoms with Crippen molar-refractivity contribution in [2.45, 2.75) is 19.8 Å². The smallest absolute Gasteiger partial charge is 0.232 e. The maximum absolute atomic E-state index is 12.0. The van der Waals surface area contributed by atoms with E-state index in [1.807, 2.05) is 37.3 Å². The van der Waals surface area contributed by atoms with Crippen LogP contribution in [-0.2, 0) is 14.8 Å². The summed E-state index contributed by atoms with van der Waals surface area (Å²) in [6.07, 6.45) is 1.86. The van der Waals surface area contributed by atoms with E-state index < -0.39 is 10.0 Å². The number of carbonyl (C=O) groups is 1. The molecule has 2 rings (SSSR count). The largest absolute Gasteiger partial charge is 0.491 e. The molecule has 6 nitrogen and oxygen atoms in total. The molecule has 0 spiro atoms. The third-order valence-corrected chi connectivity index (χ3v) is 5.18. The Morgan fingerprint density at radius 3 is 2.41 bits per heavy atom. The van der Waals surface area contributed by atoms with Gasteiger partial charge in [0, 0.05) is 13.0 Å². The van der Waals surface area contributed by atoms with Crippen LogP contribution >= 0.6 is 0 Å². The summed E-state index contributed by atoms with van der Waals surface area (Å²) < 4.78 is 30.9. The van der Waals surface area contributed by atoms with Crippen molar-refractivity contribution in [2.75, 3.05) is 30.3 Å². The van der Waals surface area contributed by atoms with Crippen molar-refractivity contribution >= 4 is 21.6 Å². The maximum atomic E-state index is 12.0. The zero-order chi connectivity index (χ0) is 19.7. The minimum absolute atomic E-state index is 0.120. The molecule has 0 bridgehead atoms. The molecule has 0 saturated heterocycles. The second kappa shape index (κ2) is 9.97. The summed E-state index contributed by atoms with van der Waals surface area (Å²) in [6.45, 7) is 3.02. The Labute approximate surface area is 161 Å². The van der Waals surface area contributed by atoms with Crippen LogP contribution in [0.3, 0.4) is 0 Å². The lowest BCUT2D eigenvalue weighted by Gasteiger charge is -2.22. The predicted octanol–water partition coefficient (Wildman–Crippen LogP) is 2.74. The Kier molecular flexibility index (Phi) is 7.67. The van der Waals surface area contributed by atoms with E-state index in [0.29, 0.717) is 25.3 Å². The fraction of sp³-hybridized carbons (Fsp3) is 0.350. The first-order chi connectivity index (χ1) is 12.9. The quantitative estimate of drug-likeness (QED) is 0.633. The van der Waals surface area contributed by atoms with Crippen LogP contribution in [0.1, 0.15) is 18.4 Å². The lowest BCUT2D eigenvalue weighted by Crippen LogP contribution is -2.32. The molecule has 2 aromatic rings. The van der Waals surface area contributed by atoms with Crippen LogP contribution in [0.5, 0.6) is 5.75 Å². The van der Waals surface area contributed by atoms with Gasteiger partial charge in [0.1, 0.15) is 12.4 Å². The van der Waals surface area contributed by atoms with Crippen LogP contribution < -0.4 is 14.4 Å². The number of rotatable bonds is 10. The average Bonchev–Trinajstić information content (AvgIpc) is 2.63. The van der Waals surface area contributed by atoms with E-state index in [4.69, 9.17) is 4.74 Å². The SMILES string of the molecule is Cc1ccccc1OCCNC(=O)CCCN(c1ccccc1)S(C)(=O)=O. The fourth-order valence-corrected chi connectivity index (χ4v) is 3.59. The Balaban J connectivity index is 1.72. The van der Waals surface area contributed by atoms with E-state index in [2.05, 4.69) is 5.32 Å². The van der Waals surface area contributed by atoms with Gasteiger partial charge in [-0.3, -0.25) is 9.10 Å². The third kappa shape index (κ3) is 6.94. The number of carbonyl (C=O) groups excluding carboxylic acids is 1. The van der Waals surface area contributed by atoms with Crippen molar-refractivity contribution in [3.63, 3.8) is 0 Å². The number of aryl methyl sites for hydroxylation is 1. The molecular weight excluding hydrogens is 364 g/mol. The highest BCUT2D eigenvalue weighted by Crippen LogP contribution is 2.17. The number of amides is 1. The monoisotopic (exact) mass is 390 g/mol. The van der Waals surface area contributed by atoms with Crippen molar-refractivity contribution in [2.24, 2.45) is 0 Å². The topological polar surface area (TPSA) is 75.7 Å². The predicted molar refractivity (Wildman–Crippen MR) is 108 cm³/mol. The van der Waals surface area contributed by atoms with Gasteiger partial charge in [-0.25, -0.2) is 8.42 Å². The molecule has 2 aromatic carbocycles. The highest BCUT2D eigenvalue weighted by Gasteiger charge is 2.17. The van der Waals surface area contributed by atoms with Crippen LogP contribution in [0.15, 0.2) is 54.6 Å². The number of nitrogens with zero attached hydrogens (tertiary/aromatic N) is 1. The zero-order valence-electron chi connectivity index (χ0n) is 15.7. The van der Waals surface area contributed by atoms with Crippen LogP contribution in [0.4, 0.5) is 5.69 Å². The summed E-state index contributed by atoms with van der Waals surface area (Å²) in [5, 5.41) is 2.79. The van der Waals surface area contributed by atoms with Gasteiger partial charge in [-0.15, -0.1) is 0 Å². The van der Waals surface area contributed by atoms with Gasteiger partial charge < -0.3 is 10.1 Å². The summed E-state index contributed by atoms with van der Waals surface area (Å²) >= 11 is 0. The Bertz CT molecular complexity index is 838. The molecule has 0 aromatic heterocycles. The van der Waals surface area contributed by atoms with E-state index in [1.54, 1.807) is 24.3 Å². The Morgan fingerprint density at radius 1 is 1.07 bits per heavy atom. The lowest BCUT2D eigenvalue weighted by molar-refractivity contribution is -0.121. The van der Waals surface area contributed by atoms with E-state index in [0.717, 1.165) is 11.3 Å². The standard InChI is InChI=1S/C20H26N2O4S/c1-17-9-6-7-12-19(17)26-16-14-21-20(23)13-8-15-22(27(2,24)25)18-10-4-3-5-11-18/h3-7,9-12H,8,13-16H2,1-2H3,(H,21,23). The average molecular weight is 391 g/mol. The first-order valence-electron chi connectivity index (χ1n) is 8.86. The summed E-state index contributed by atoms with van der Waals surface area (Å²) in [4.78, 5) is 12.0. The number of hydrogen-bond donors (Lipinski definition) is 1. The van der Waals surface area contributed by atoms with Gasteiger partial charge in [-0.2, -0.15) is 0 Å². The third-order valence-electron chi connectivity index (χ3n) is 3.98. The van der Waals surface area contributed by atoms with Crippen molar-refractivity contribution in [3.05, 3.63) is 60.2 Å². The second-order valence-electron chi connectivity index (χ2n) is 6.24. The number of benzene rings is 2. The number of sulfonamides is 1. The van der Waals surface area contributed by atoms with Gasteiger partial charge in [-0.05, 0) is 37.1 Å². The summed E-state index contributed by atoms with van der Waals surface area (Å²) in [6, 6.07) is 16.6. The molecule has 0 aliphatic rings. The molecule has 0 saturated carbocycles. The van der Waals surface area contributed by atoms with Gasteiger partial charge in [0.05, 0.1) is 18.5 Å². The molecule has 0 fully saturated rings. The van der Waals surface area contributed by atoms with Crippen molar-refractivity contribution in [3.8, 4) is 5.75 Å². The lowest BCUT2D eigenvalue weighted by atomic mass is 10.2.